The molecule has 1 nitrogen and oxygen atoms in total. The van der Waals surface area contributed by atoms with Gasteiger partial charge in [0.1, 0.15) is 0 Å². The fourth-order valence-electron chi connectivity index (χ4n) is 2.38. The van der Waals surface area contributed by atoms with Gasteiger partial charge in [0.05, 0.1) is 0 Å². The fraction of sp³-hybridized carbons (Fsp3) is 0.211. The van der Waals surface area contributed by atoms with E-state index in [0.29, 0.717) is 11.4 Å². The van der Waals surface area contributed by atoms with Crippen LogP contribution in [0.15, 0.2) is 54.6 Å². The van der Waals surface area contributed by atoms with E-state index in [0.717, 1.165) is 22.6 Å². The fourth-order valence-corrected chi connectivity index (χ4v) is 2.87. The molecule has 0 bridgehead atoms. The Balaban J connectivity index is 2.07. The Morgan fingerprint density at radius 2 is 1.68 bits per heavy atom. The molecule has 0 aliphatic heterocycles. The van der Waals surface area contributed by atoms with Gasteiger partial charge in [-0.25, -0.2) is 0 Å². The first-order valence-electron chi connectivity index (χ1n) is 7.31. The van der Waals surface area contributed by atoms with E-state index in [-0.39, 0.29) is 11.7 Å². The summed E-state index contributed by atoms with van der Waals surface area (Å²) in [5.74, 6) is 0.212. The first-order chi connectivity index (χ1) is 10.6. The summed E-state index contributed by atoms with van der Waals surface area (Å²) in [5, 5.41) is 1.36. The molecule has 0 heterocycles. The van der Waals surface area contributed by atoms with Gasteiger partial charge >= 0.3 is 0 Å². The number of halogens is 2. The van der Waals surface area contributed by atoms with Gasteiger partial charge in [-0.15, -0.1) is 0 Å². The molecule has 0 fully saturated rings. The molecule has 0 saturated carbocycles. The minimum atomic E-state index is 0.0756. The van der Waals surface area contributed by atoms with E-state index >= 15 is 0 Å². The second kappa shape index (κ2) is 8.17. The first kappa shape index (κ1) is 16.8. The molecule has 1 atom stereocenters. The van der Waals surface area contributed by atoms with Gasteiger partial charge in [-0.1, -0.05) is 66.5 Å². The van der Waals surface area contributed by atoms with Gasteiger partial charge < -0.3 is 0 Å². The monoisotopic (exact) mass is 332 g/mol. The normalized spacial score (nSPS) is 12.5. The zero-order valence-electron chi connectivity index (χ0n) is 12.4. The van der Waals surface area contributed by atoms with Crippen molar-refractivity contribution in [1.82, 2.24) is 0 Å². The van der Waals surface area contributed by atoms with Crippen molar-refractivity contribution in [1.29, 1.82) is 0 Å². The summed E-state index contributed by atoms with van der Waals surface area (Å²) in [6.45, 7) is 2.07. The van der Waals surface area contributed by atoms with Gasteiger partial charge in [0.2, 0.25) is 0 Å². The van der Waals surface area contributed by atoms with Crippen molar-refractivity contribution in [3.05, 3.63) is 75.8 Å². The summed E-state index contributed by atoms with van der Waals surface area (Å²) in [5.41, 5.74) is 1.88. The van der Waals surface area contributed by atoms with Gasteiger partial charge in [0.25, 0.3) is 0 Å². The van der Waals surface area contributed by atoms with Crippen LogP contribution in [0.3, 0.4) is 0 Å². The lowest BCUT2D eigenvalue weighted by Gasteiger charge is -2.15. The molecule has 22 heavy (non-hydrogen) atoms. The van der Waals surface area contributed by atoms with Crippen molar-refractivity contribution >= 4 is 35.1 Å². The van der Waals surface area contributed by atoms with Crippen molar-refractivity contribution in [2.24, 2.45) is 0 Å². The molecule has 2 aromatic rings. The Hall–Kier alpha value is -1.57. The topological polar surface area (TPSA) is 17.1 Å². The Morgan fingerprint density at radius 3 is 2.32 bits per heavy atom. The summed E-state index contributed by atoms with van der Waals surface area (Å²) in [6.07, 6.45) is 4.68. The molecule has 0 N–H and O–H groups in total. The average molecular weight is 333 g/mol. The van der Waals surface area contributed by atoms with Crippen LogP contribution in [0.4, 0.5) is 0 Å². The van der Waals surface area contributed by atoms with E-state index in [9.17, 15) is 4.79 Å². The van der Waals surface area contributed by atoms with Crippen LogP contribution in [0.25, 0.3) is 6.08 Å². The Bertz CT molecular complexity index is 677. The van der Waals surface area contributed by atoms with Crippen LogP contribution < -0.4 is 0 Å². The highest BCUT2D eigenvalue weighted by atomic mass is 35.5. The molecule has 0 aromatic heterocycles. The quantitative estimate of drug-likeness (QED) is 0.579. The largest absolute Gasteiger partial charge is 0.295 e. The molecule has 0 spiro atoms. The van der Waals surface area contributed by atoms with E-state index in [1.807, 2.05) is 48.5 Å². The van der Waals surface area contributed by atoms with Gasteiger partial charge in [0, 0.05) is 16.5 Å². The van der Waals surface area contributed by atoms with E-state index in [2.05, 4.69) is 6.92 Å². The summed E-state index contributed by atoms with van der Waals surface area (Å²) in [6, 6.07) is 15.2. The maximum absolute atomic E-state index is 12.2. The number of ketones is 1. The van der Waals surface area contributed by atoms with Crippen LogP contribution >= 0.6 is 23.2 Å². The Morgan fingerprint density at radius 1 is 1.05 bits per heavy atom. The molecule has 3 heteroatoms. The van der Waals surface area contributed by atoms with Crippen molar-refractivity contribution in [3.63, 3.8) is 0 Å². The molecule has 0 saturated heterocycles. The smallest absolute Gasteiger partial charge is 0.156 e. The van der Waals surface area contributed by atoms with Gasteiger partial charge in [-0.3, -0.25) is 4.79 Å². The lowest BCUT2D eigenvalue weighted by atomic mass is 9.91. The van der Waals surface area contributed by atoms with E-state index in [4.69, 9.17) is 23.2 Å². The van der Waals surface area contributed by atoms with Crippen molar-refractivity contribution in [3.8, 4) is 0 Å². The van der Waals surface area contributed by atoms with Crippen LogP contribution in [0, 0.1) is 0 Å². The number of allylic oxidation sites excluding steroid dienone is 1. The Labute approximate surface area is 141 Å². The molecular weight excluding hydrogens is 315 g/mol. The highest BCUT2D eigenvalue weighted by molar-refractivity contribution is 6.32. The van der Waals surface area contributed by atoms with Crippen LogP contribution in [-0.4, -0.2) is 5.78 Å². The van der Waals surface area contributed by atoms with E-state index < -0.39 is 0 Å². The predicted octanol–water partition coefficient (Wildman–Crippen LogP) is 6.16. The lowest BCUT2D eigenvalue weighted by Crippen LogP contribution is -2.05. The number of hydrogen-bond acceptors (Lipinski definition) is 1. The minimum absolute atomic E-state index is 0.0756. The van der Waals surface area contributed by atoms with Crippen LogP contribution in [0.2, 0.25) is 10.0 Å². The van der Waals surface area contributed by atoms with Gasteiger partial charge in [-0.05, 0) is 47.8 Å². The third kappa shape index (κ3) is 4.46. The van der Waals surface area contributed by atoms with Crippen molar-refractivity contribution in [2.45, 2.75) is 25.7 Å². The number of hydrogen-bond donors (Lipinski definition) is 0. The SMILES string of the molecule is CC[C@@H](CC(=O)/C=C/c1ccccc1Cl)c1ccccc1Cl. The summed E-state index contributed by atoms with van der Waals surface area (Å²) < 4.78 is 0. The standard InChI is InChI=1S/C19H18Cl2O/c1-2-14(17-8-4-6-10-19(17)21)13-16(22)12-11-15-7-3-5-9-18(15)20/h3-12,14H,2,13H2,1H3/b12-11+/t14-/m0/s1. The summed E-state index contributed by atoms with van der Waals surface area (Å²) in [4.78, 5) is 12.2. The number of benzene rings is 2. The number of carbonyl (C=O) groups excluding carboxylic acids is 1. The van der Waals surface area contributed by atoms with Gasteiger partial charge in [-0.2, -0.15) is 0 Å². The van der Waals surface area contributed by atoms with E-state index in [1.165, 1.54) is 0 Å². The summed E-state index contributed by atoms with van der Waals surface area (Å²) >= 11 is 12.3. The second-order valence-electron chi connectivity index (χ2n) is 5.15. The minimum Gasteiger partial charge on any atom is -0.295 e. The highest BCUT2D eigenvalue weighted by Crippen LogP contribution is 2.30. The van der Waals surface area contributed by atoms with Crippen LogP contribution in [-0.2, 0) is 4.79 Å². The third-order valence-corrected chi connectivity index (χ3v) is 4.33. The molecule has 2 aromatic carbocycles. The molecule has 0 unspecified atom stereocenters. The second-order valence-corrected chi connectivity index (χ2v) is 5.97. The van der Waals surface area contributed by atoms with Crippen molar-refractivity contribution in [2.75, 3.05) is 0 Å². The average Bonchev–Trinajstić information content (AvgIpc) is 2.52. The maximum Gasteiger partial charge on any atom is 0.156 e. The molecule has 2 rings (SSSR count). The van der Waals surface area contributed by atoms with Crippen molar-refractivity contribution < 1.29 is 4.79 Å². The molecule has 0 aliphatic rings. The number of carbonyl (C=O) groups is 1. The zero-order valence-corrected chi connectivity index (χ0v) is 13.9. The van der Waals surface area contributed by atoms with Crippen LogP contribution in [0.1, 0.15) is 36.8 Å². The molecule has 0 amide bonds. The van der Waals surface area contributed by atoms with Crippen LogP contribution in [0.5, 0.6) is 0 Å². The highest BCUT2D eigenvalue weighted by Gasteiger charge is 2.15. The third-order valence-electron chi connectivity index (χ3n) is 3.64. The predicted molar refractivity (Wildman–Crippen MR) is 94.6 cm³/mol. The zero-order chi connectivity index (χ0) is 15.9. The Kier molecular flexibility index (Phi) is 6.23. The summed E-state index contributed by atoms with van der Waals surface area (Å²) in [7, 11) is 0. The first-order valence-corrected chi connectivity index (χ1v) is 8.07. The molecular formula is C19H18Cl2O. The lowest BCUT2D eigenvalue weighted by molar-refractivity contribution is -0.114. The molecule has 0 radical (unpaired) electrons. The van der Waals surface area contributed by atoms with Gasteiger partial charge in [0.15, 0.2) is 5.78 Å². The molecule has 114 valence electrons. The van der Waals surface area contributed by atoms with E-state index in [1.54, 1.807) is 12.2 Å². The maximum atomic E-state index is 12.2. The molecule has 0 aliphatic carbocycles. The number of rotatable bonds is 6.